The number of rotatable bonds is 2. The van der Waals surface area contributed by atoms with E-state index in [1.54, 1.807) is 24.3 Å². The Morgan fingerprint density at radius 2 is 1.70 bits per heavy atom. The monoisotopic (exact) mass is 356 g/mol. The molecule has 2 aromatic carbocycles. The van der Waals surface area contributed by atoms with E-state index in [0.29, 0.717) is 32.3 Å². The third kappa shape index (κ3) is 3.35. The van der Waals surface area contributed by atoms with Crippen LogP contribution in [0.5, 0.6) is 0 Å². The molecule has 0 aliphatic rings. The lowest BCUT2D eigenvalue weighted by Crippen LogP contribution is -2.05. The van der Waals surface area contributed by atoms with Crippen LogP contribution in [0.2, 0.25) is 10.0 Å². The molecule has 3 aromatic rings. The van der Waals surface area contributed by atoms with Gasteiger partial charge in [0.15, 0.2) is 0 Å². The molecular weight excluding hydrogens is 348 g/mol. The summed E-state index contributed by atoms with van der Waals surface area (Å²) in [5.74, 6) is 0. The second-order valence-electron chi connectivity index (χ2n) is 4.84. The summed E-state index contributed by atoms with van der Waals surface area (Å²) in [6, 6.07) is 9.93. The third-order valence-electron chi connectivity index (χ3n) is 3.27. The van der Waals surface area contributed by atoms with Crippen molar-refractivity contribution in [3.8, 4) is 0 Å². The van der Waals surface area contributed by atoms with Crippen molar-refractivity contribution in [1.29, 1.82) is 0 Å². The van der Waals surface area contributed by atoms with Crippen molar-refractivity contribution in [2.24, 2.45) is 0 Å². The van der Waals surface area contributed by atoms with Gasteiger partial charge in [-0.15, -0.1) is 0 Å². The lowest BCUT2D eigenvalue weighted by atomic mass is 10.1. The number of pyridine rings is 1. The number of nitrogens with zero attached hydrogens (tertiary/aromatic N) is 1. The molecule has 0 atom stereocenters. The van der Waals surface area contributed by atoms with Crippen LogP contribution in [0.25, 0.3) is 10.9 Å². The minimum Gasteiger partial charge on any atom is -0.355 e. The van der Waals surface area contributed by atoms with Crippen molar-refractivity contribution >= 4 is 45.5 Å². The summed E-state index contributed by atoms with van der Waals surface area (Å²) in [5.41, 5.74) is 0.849. The van der Waals surface area contributed by atoms with Crippen LogP contribution >= 0.6 is 23.2 Å². The van der Waals surface area contributed by atoms with Gasteiger partial charge in [0.25, 0.3) is 0 Å². The summed E-state index contributed by atoms with van der Waals surface area (Å²) in [4.78, 5) is 4.08. The minimum absolute atomic E-state index is 0.353. The summed E-state index contributed by atoms with van der Waals surface area (Å²) >= 11 is 11.8. The van der Waals surface area contributed by atoms with E-state index in [-0.39, 0.29) is 0 Å². The molecule has 1 heterocycles. The fourth-order valence-corrected chi connectivity index (χ4v) is 2.46. The van der Waals surface area contributed by atoms with Gasteiger partial charge in [0, 0.05) is 23.0 Å². The maximum atomic E-state index is 12.9. The predicted molar refractivity (Wildman–Crippen MR) is 86.5 cm³/mol. The van der Waals surface area contributed by atoms with Crippen molar-refractivity contribution in [2.75, 3.05) is 5.32 Å². The van der Waals surface area contributed by atoms with Gasteiger partial charge in [0.05, 0.1) is 21.1 Å². The summed E-state index contributed by atoms with van der Waals surface area (Å²) in [6.45, 7) is 0. The van der Waals surface area contributed by atoms with Crippen LogP contribution in [0.15, 0.2) is 48.7 Å². The Bertz CT molecular complexity index is 879. The average molecular weight is 357 g/mol. The number of hydrogen-bond acceptors (Lipinski definition) is 2. The molecule has 118 valence electrons. The smallest absolute Gasteiger partial charge is 0.355 e. The van der Waals surface area contributed by atoms with Gasteiger partial charge in [-0.05, 0) is 42.5 Å². The first-order valence-electron chi connectivity index (χ1n) is 6.52. The zero-order valence-corrected chi connectivity index (χ0v) is 13.0. The summed E-state index contributed by atoms with van der Waals surface area (Å²) in [5, 5.41) is 4.16. The van der Waals surface area contributed by atoms with Crippen molar-refractivity contribution in [2.45, 2.75) is 6.18 Å². The highest BCUT2D eigenvalue weighted by Crippen LogP contribution is 2.34. The largest absolute Gasteiger partial charge is 0.416 e. The zero-order valence-electron chi connectivity index (χ0n) is 11.5. The van der Waals surface area contributed by atoms with Crippen LogP contribution in [0.4, 0.5) is 24.5 Å². The van der Waals surface area contributed by atoms with Gasteiger partial charge in [-0.2, -0.15) is 13.2 Å². The molecule has 2 nitrogen and oxygen atoms in total. The van der Waals surface area contributed by atoms with E-state index < -0.39 is 11.7 Å². The Morgan fingerprint density at radius 3 is 2.39 bits per heavy atom. The highest BCUT2D eigenvalue weighted by Gasteiger charge is 2.30. The molecule has 1 N–H and O–H groups in total. The molecule has 0 aliphatic heterocycles. The Balaban J connectivity index is 2.07. The maximum Gasteiger partial charge on any atom is 0.416 e. The number of alkyl halides is 3. The molecule has 1 aromatic heterocycles. The predicted octanol–water partition coefficient (Wildman–Crippen LogP) is 6.30. The quantitative estimate of drug-likeness (QED) is 0.582. The Hall–Kier alpha value is -1.98. The van der Waals surface area contributed by atoms with Gasteiger partial charge in [-0.3, -0.25) is 4.98 Å². The average Bonchev–Trinajstić information content (AvgIpc) is 2.50. The molecular formula is C16H9Cl2F3N2. The van der Waals surface area contributed by atoms with Crippen molar-refractivity contribution in [3.05, 3.63) is 64.3 Å². The number of nitrogens with one attached hydrogen (secondary N) is 1. The highest BCUT2D eigenvalue weighted by atomic mass is 35.5. The molecule has 0 aliphatic carbocycles. The molecule has 23 heavy (non-hydrogen) atoms. The van der Waals surface area contributed by atoms with Crippen LogP contribution in [0.1, 0.15) is 5.56 Å². The van der Waals surface area contributed by atoms with E-state index in [0.717, 1.165) is 12.1 Å². The van der Waals surface area contributed by atoms with Gasteiger partial charge in [0.1, 0.15) is 0 Å². The minimum atomic E-state index is -4.41. The van der Waals surface area contributed by atoms with Crippen LogP contribution in [0.3, 0.4) is 0 Å². The number of anilines is 2. The summed E-state index contributed by atoms with van der Waals surface area (Å²) in [6.07, 6.45) is -2.89. The fourth-order valence-electron chi connectivity index (χ4n) is 2.16. The molecule has 0 amide bonds. The number of benzene rings is 2. The van der Waals surface area contributed by atoms with E-state index >= 15 is 0 Å². The second-order valence-corrected chi connectivity index (χ2v) is 5.66. The van der Waals surface area contributed by atoms with E-state index in [9.17, 15) is 13.2 Å². The molecule has 0 saturated carbocycles. The van der Waals surface area contributed by atoms with Gasteiger partial charge >= 0.3 is 6.18 Å². The number of halogens is 5. The Labute approximate surface area is 139 Å². The number of aromatic nitrogens is 1. The zero-order chi connectivity index (χ0) is 16.6. The fraction of sp³-hybridized carbons (Fsp3) is 0.0625. The van der Waals surface area contributed by atoms with Crippen molar-refractivity contribution in [3.63, 3.8) is 0 Å². The molecule has 0 saturated heterocycles. The SMILES string of the molecule is FC(F)(F)c1ccc2nccc(Nc3ccc(Cl)c(Cl)c3)c2c1. The number of hydrogen-bond donors (Lipinski definition) is 1. The molecule has 0 radical (unpaired) electrons. The van der Waals surface area contributed by atoms with E-state index in [1.165, 1.54) is 12.3 Å². The molecule has 0 bridgehead atoms. The molecule has 0 spiro atoms. The summed E-state index contributed by atoms with van der Waals surface area (Å²) in [7, 11) is 0. The molecule has 3 rings (SSSR count). The topological polar surface area (TPSA) is 24.9 Å². The van der Waals surface area contributed by atoms with E-state index in [2.05, 4.69) is 10.3 Å². The van der Waals surface area contributed by atoms with E-state index in [4.69, 9.17) is 23.2 Å². The lowest BCUT2D eigenvalue weighted by Gasteiger charge is -2.12. The van der Waals surface area contributed by atoms with Crippen molar-refractivity contribution in [1.82, 2.24) is 4.98 Å². The normalized spacial score (nSPS) is 11.7. The first-order valence-corrected chi connectivity index (χ1v) is 7.28. The van der Waals surface area contributed by atoms with Gasteiger partial charge in [-0.25, -0.2) is 0 Å². The lowest BCUT2D eigenvalue weighted by molar-refractivity contribution is -0.137. The van der Waals surface area contributed by atoms with Crippen LogP contribution < -0.4 is 5.32 Å². The van der Waals surface area contributed by atoms with Gasteiger partial charge in [-0.1, -0.05) is 23.2 Å². The standard InChI is InChI=1S/C16H9Cl2F3N2/c17-12-3-2-10(8-13(12)18)23-15-5-6-22-14-4-1-9(7-11(14)15)16(19,20)21/h1-8H,(H,22,23). The Kier molecular flexibility index (Phi) is 4.08. The van der Waals surface area contributed by atoms with Crippen LogP contribution in [-0.2, 0) is 6.18 Å². The maximum absolute atomic E-state index is 12.9. The van der Waals surface area contributed by atoms with Crippen LogP contribution in [0, 0.1) is 0 Å². The Morgan fingerprint density at radius 1 is 0.913 bits per heavy atom. The highest BCUT2D eigenvalue weighted by molar-refractivity contribution is 6.42. The van der Waals surface area contributed by atoms with Crippen molar-refractivity contribution < 1.29 is 13.2 Å². The second kappa shape index (κ2) is 5.91. The van der Waals surface area contributed by atoms with Crippen LogP contribution in [-0.4, -0.2) is 4.98 Å². The first-order chi connectivity index (χ1) is 10.8. The van der Waals surface area contributed by atoms with E-state index in [1.807, 2.05) is 0 Å². The molecule has 7 heteroatoms. The summed E-state index contributed by atoms with van der Waals surface area (Å²) < 4.78 is 38.7. The molecule has 0 fully saturated rings. The van der Waals surface area contributed by atoms with Gasteiger partial charge in [0.2, 0.25) is 0 Å². The first kappa shape index (κ1) is 15.9. The number of fused-ring (bicyclic) bond motifs is 1. The van der Waals surface area contributed by atoms with Gasteiger partial charge < -0.3 is 5.32 Å². The third-order valence-corrected chi connectivity index (χ3v) is 4.01. The molecule has 0 unspecified atom stereocenters.